The lowest BCUT2D eigenvalue weighted by molar-refractivity contribution is -0.161. The highest BCUT2D eigenvalue weighted by molar-refractivity contribution is 7.47. The predicted molar refractivity (Wildman–Crippen MR) is 399 cm³/mol. The Bertz CT molecular complexity index is 2430. The van der Waals surface area contributed by atoms with Gasteiger partial charge in [-0.3, -0.25) is 37.3 Å². The number of allylic oxidation sites excluding steroid dienone is 24. The van der Waals surface area contributed by atoms with E-state index in [1.54, 1.807) is 0 Å². The van der Waals surface area contributed by atoms with E-state index < -0.39 is 97.5 Å². The van der Waals surface area contributed by atoms with Gasteiger partial charge in [0.1, 0.15) is 19.3 Å². The van der Waals surface area contributed by atoms with Crippen molar-refractivity contribution in [3.05, 3.63) is 146 Å². The number of carbonyl (C=O) groups excluding carboxylic acids is 4. The molecule has 0 aromatic rings. The van der Waals surface area contributed by atoms with Gasteiger partial charge < -0.3 is 33.8 Å². The molecule has 0 aliphatic rings. The minimum Gasteiger partial charge on any atom is -0.462 e. The summed E-state index contributed by atoms with van der Waals surface area (Å²) in [6.45, 7) is 4.35. The summed E-state index contributed by atoms with van der Waals surface area (Å²) >= 11 is 0. The van der Waals surface area contributed by atoms with E-state index >= 15 is 0 Å². The standard InChI is InChI=1S/C79H130O17P2/c1-5-9-13-17-21-25-29-32-35-36-39-41-45-48-52-56-60-64-77(82)90-70-75(96-79(84)66-62-58-54-50-46-42-38-34-31-27-23-19-15-11-7-3)72-94-98(87,88)92-68-73(80)67-91-97(85,86)93-71-74(95-78(83)65-61-57-53-49-43-28-24-20-16-12-8-4)69-89-76(81)63-59-55-51-47-44-40-37-33-30-26-22-18-14-10-6-2/h9-11,13-15,20-27,32-35,37-39,41,48,52,73-75,80H,5-8,12,16-19,28-31,36,40,42-47,49-51,53-72H2,1-4H3,(H,85,86)(H,87,88)/b13-9-,14-10-,15-11-,24-20-,25-21-,26-22-,27-23-,35-32-,37-33-,38-34-,41-39-,52-48-. The van der Waals surface area contributed by atoms with E-state index in [0.29, 0.717) is 32.1 Å². The maximum atomic E-state index is 13.1. The third kappa shape index (κ3) is 69.4. The first-order valence-electron chi connectivity index (χ1n) is 37.1. The number of ether oxygens (including phenoxy) is 4. The third-order valence-electron chi connectivity index (χ3n) is 14.8. The van der Waals surface area contributed by atoms with Crippen LogP contribution >= 0.6 is 15.6 Å². The summed E-state index contributed by atoms with van der Waals surface area (Å²) in [6, 6.07) is 0. The van der Waals surface area contributed by atoms with E-state index in [4.69, 9.17) is 37.0 Å². The summed E-state index contributed by atoms with van der Waals surface area (Å²) in [4.78, 5) is 72.7. The summed E-state index contributed by atoms with van der Waals surface area (Å²) in [5.74, 6) is -2.30. The van der Waals surface area contributed by atoms with Gasteiger partial charge in [-0.2, -0.15) is 0 Å². The number of hydrogen-bond acceptors (Lipinski definition) is 15. The highest BCUT2D eigenvalue weighted by atomic mass is 31.2. The average Bonchev–Trinajstić information content (AvgIpc) is 0.986. The van der Waals surface area contributed by atoms with Crippen molar-refractivity contribution in [1.82, 2.24) is 0 Å². The van der Waals surface area contributed by atoms with Crippen LogP contribution < -0.4 is 0 Å². The van der Waals surface area contributed by atoms with Crippen molar-refractivity contribution in [2.24, 2.45) is 0 Å². The Hall–Kier alpha value is -5.06. The Morgan fingerprint density at radius 3 is 0.867 bits per heavy atom. The fourth-order valence-electron chi connectivity index (χ4n) is 9.21. The SMILES string of the molecule is CC/C=C\C/C=C\C/C=C\C/C=C\C/C=C\CCCC(=O)OCC(COP(=O)(O)OCC(O)COP(=O)(O)OCC(COC(=O)CCCCCCC/C=C\C/C=C\C/C=C\CC)OC(=O)CCCCCCC/C=C\CCCC)OC(=O)CCCCCCC/C=C\C/C=C\C/C=C\CC. The second-order valence-electron chi connectivity index (χ2n) is 24.1. The van der Waals surface area contributed by atoms with E-state index in [0.717, 1.165) is 173 Å². The first-order chi connectivity index (χ1) is 47.7. The van der Waals surface area contributed by atoms with Crippen LogP contribution in [0.1, 0.15) is 272 Å². The van der Waals surface area contributed by atoms with Gasteiger partial charge in [0.05, 0.1) is 26.4 Å². The van der Waals surface area contributed by atoms with Gasteiger partial charge in [-0.05, 0) is 148 Å². The molecular weight excluding hydrogens is 1280 g/mol. The Morgan fingerprint density at radius 2 is 0.541 bits per heavy atom. The van der Waals surface area contributed by atoms with E-state index in [9.17, 15) is 43.2 Å². The maximum Gasteiger partial charge on any atom is 0.472 e. The molecule has 17 nitrogen and oxygen atoms in total. The average molecular weight is 1410 g/mol. The molecule has 3 N–H and O–H groups in total. The van der Waals surface area contributed by atoms with Crippen molar-refractivity contribution >= 4 is 39.5 Å². The van der Waals surface area contributed by atoms with Crippen molar-refractivity contribution in [3.63, 3.8) is 0 Å². The largest absolute Gasteiger partial charge is 0.472 e. The fourth-order valence-corrected chi connectivity index (χ4v) is 10.8. The quantitative estimate of drug-likeness (QED) is 0.0169. The lowest BCUT2D eigenvalue weighted by Gasteiger charge is -2.21. The first-order valence-corrected chi connectivity index (χ1v) is 40.1. The summed E-state index contributed by atoms with van der Waals surface area (Å²) in [7, 11) is -9.98. The molecule has 0 bridgehead atoms. The van der Waals surface area contributed by atoms with Crippen molar-refractivity contribution < 1.29 is 80.2 Å². The molecule has 0 radical (unpaired) electrons. The molecule has 0 aromatic heterocycles. The third-order valence-corrected chi connectivity index (χ3v) is 16.7. The van der Waals surface area contributed by atoms with E-state index in [1.807, 2.05) is 12.2 Å². The van der Waals surface area contributed by atoms with Crippen LogP contribution in [-0.2, 0) is 65.4 Å². The summed E-state index contributed by atoms with van der Waals surface area (Å²) < 4.78 is 68.3. The monoisotopic (exact) mass is 1410 g/mol. The number of phosphoric ester groups is 2. The summed E-state index contributed by atoms with van der Waals surface area (Å²) in [5, 5.41) is 10.6. The molecule has 0 saturated carbocycles. The Balaban J connectivity index is 5.42. The Morgan fingerprint density at radius 1 is 0.296 bits per heavy atom. The molecule has 0 rings (SSSR count). The van der Waals surface area contributed by atoms with Gasteiger partial charge in [-0.1, -0.05) is 244 Å². The smallest absolute Gasteiger partial charge is 0.462 e. The van der Waals surface area contributed by atoms with Crippen LogP contribution in [0.25, 0.3) is 0 Å². The van der Waals surface area contributed by atoms with Gasteiger partial charge in [0.25, 0.3) is 0 Å². The number of rotatable bonds is 68. The Labute approximate surface area is 592 Å². The minimum absolute atomic E-state index is 0.0584. The molecule has 0 aromatic carbocycles. The van der Waals surface area contributed by atoms with Gasteiger partial charge in [0.15, 0.2) is 12.2 Å². The number of esters is 4. The minimum atomic E-state index is -5.00. The zero-order chi connectivity index (χ0) is 71.8. The van der Waals surface area contributed by atoms with Crippen molar-refractivity contribution in [3.8, 4) is 0 Å². The molecule has 0 aliphatic carbocycles. The molecule has 0 heterocycles. The van der Waals surface area contributed by atoms with Crippen molar-refractivity contribution in [2.45, 2.75) is 290 Å². The predicted octanol–water partition coefficient (Wildman–Crippen LogP) is 21.1. The highest BCUT2D eigenvalue weighted by Crippen LogP contribution is 2.45. The van der Waals surface area contributed by atoms with Crippen LogP contribution in [0.2, 0.25) is 0 Å². The maximum absolute atomic E-state index is 13.1. The van der Waals surface area contributed by atoms with Gasteiger partial charge in [-0.15, -0.1) is 0 Å². The van der Waals surface area contributed by atoms with Crippen molar-refractivity contribution in [2.75, 3.05) is 39.6 Å². The molecule has 5 atom stereocenters. The van der Waals surface area contributed by atoms with E-state index in [1.165, 1.54) is 12.8 Å². The van der Waals surface area contributed by atoms with Gasteiger partial charge in [0.2, 0.25) is 0 Å². The molecule has 0 spiro atoms. The molecule has 0 aliphatic heterocycles. The first kappa shape index (κ1) is 92.9. The number of hydrogen-bond donors (Lipinski definition) is 3. The van der Waals surface area contributed by atoms with Crippen molar-refractivity contribution in [1.29, 1.82) is 0 Å². The van der Waals surface area contributed by atoms with Crippen LogP contribution in [0.3, 0.4) is 0 Å². The van der Waals surface area contributed by atoms with Gasteiger partial charge in [-0.25, -0.2) is 9.13 Å². The number of aliphatic hydroxyl groups is 1. The lowest BCUT2D eigenvalue weighted by Crippen LogP contribution is -2.30. The molecule has 0 fully saturated rings. The van der Waals surface area contributed by atoms with Crippen LogP contribution in [0.15, 0.2) is 146 Å². The number of unbranched alkanes of at least 4 members (excludes halogenated alkanes) is 18. The van der Waals surface area contributed by atoms with Crippen LogP contribution in [0.5, 0.6) is 0 Å². The molecule has 98 heavy (non-hydrogen) atoms. The second-order valence-corrected chi connectivity index (χ2v) is 27.0. The summed E-state index contributed by atoms with van der Waals surface area (Å²) in [6.07, 6.45) is 78.6. The van der Waals surface area contributed by atoms with E-state index in [2.05, 4.69) is 161 Å². The number of carbonyl (C=O) groups is 4. The van der Waals surface area contributed by atoms with Crippen LogP contribution in [0.4, 0.5) is 0 Å². The molecule has 0 amide bonds. The zero-order valence-electron chi connectivity index (χ0n) is 60.7. The summed E-state index contributed by atoms with van der Waals surface area (Å²) in [5.41, 5.74) is 0. The van der Waals surface area contributed by atoms with E-state index in [-0.39, 0.29) is 25.7 Å². The lowest BCUT2D eigenvalue weighted by atomic mass is 10.1. The molecule has 19 heteroatoms. The van der Waals surface area contributed by atoms with Crippen LogP contribution in [0, 0.1) is 0 Å². The molecular formula is C79H130O17P2. The molecule has 5 unspecified atom stereocenters. The second kappa shape index (κ2) is 70.4. The van der Waals surface area contributed by atoms with Gasteiger partial charge in [0, 0.05) is 25.7 Å². The van der Waals surface area contributed by atoms with Crippen LogP contribution in [-0.4, -0.2) is 96.7 Å². The number of phosphoric acid groups is 2. The number of aliphatic hydroxyl groups excluding tert-OH is 1. The topological polar surface area (TPSA) is 237 Å². The fraction of sp³-hybridized carbons (Fsp3) is 0.646. The molecule has 558 valence electrons. The van der Waals surface area contributed by atoms with Gasteiger partial charge >= 0.3 is 39.5 Å². The zero-order valence-corrected chi connectivity index (χ0v) is 62.4. The highest BCUT2D eigenvalue weighted by Gasteiger charge is 2.30. The Kier molecular flexibility index (Phi) is 66.7. The normalized spacial score (nSPS) is 14.8. The molecule has 0 saturated heterocycles.